The van der Waals surface area contributed by atoms with E-state index in [2.05, 4.69) is 9.46 Å². The lowest BCUT2D eigenvalue weighted by molar-refractivity contribution is -0.145. The Morgan fingerprint density at radius 2 is 2.05 bits per heavy atom. The highest BCUT2D eigenvalue weighted by atomic mass is 32.2. The second kappa shape index (κ2) is 5.76. The Hall–Kier alpha value is -0.660. The highest BCUT2D eigenvalue weighted by molar-refractivity contribution is 7.90. The van der Waals surface area contributed by atoms with E-state index >= 15 is 0 Å². The van der Waals surface area contributed by atoms with E-state index in [4.69, 9.17) is 0 Å². The lowest BCUT2D eigenvalue weighted by Crippen LogP contribution is -2.42. The van der Waals surface area contributed by atoms with Gasteiger partial charge in [-0.2, -0.15) is 0 Å². The van der Waals surface area contributed by atoms with Gasteiger partial charge in [-0.3, -0.25) is 4.79 Å². The molecule has 7 heteroatoms. The summed E-state index contributed by atoms with van der Waals surface area (Å²) < 4.78 is 31.5. The van der Waals surface area contributed by atoms with Crippen LogP contribution in [0.3, 0.4) is 0 Å². The van der Waals surface area contributed by atoms with Gasteiger partial charge in [-0.1, -0.05) is 6.42 Å². The fourth-order valence-corrected chi connectivity index (χ4v) is 4.45. The van der Waals surface area contributed by atoms with Gasteiger partial charge in [-0.25, -0.2) is 13.1 Å². The summed E-state index contributed by atoms with van der Waals surface area (Å²) in [5.41, 5.74) is 0. The zero-order valence-electron chi connectivity index (χ0n) is 11.0. The van der Waals surface area contributed by atoms with E-state index in [9.17, 15) is 18.3 Å². The first-order valence-electron chi connectivity index (χ1n) is 6.70. The quantitative estimate of drug-likeness (QED) is 0.673. The minimum atomic E-state index is -3.58. The van der Waals surface area contributed by atoms with Crippen LogP contribution >= 0.6 is 0 Å². The molecule has 0 radical (unpaired) electrons. The molecule has 2 saturated carbocycles. The molecule has 0 saturated heterocycles. The van der Waals surface area contributed by atoms with Crippen molar-refractivity contribution in [3.05, 3.63) is 0 Å². The predicted molar refractivity (Wildman–Crippen MR) is 68.8 cm³/mol. The summed E-state index contributed by atoms with van der Waals surface area (Å²) in [7, 11) is -2.30. The van der Waals surface area contributed by atoms with Gasteiger partial charge in [0.1, 0.15) is 0 Å². The molecule has 0 spiro atoms. The van der Waals surface area contributed by atoms with Crippen LogP contribution in [0.1, 0.15) is 32.1 Å². The fraction of sp³-hybridized carbons (Fsp3) is 0.917. The Kier molecular flexibility index (Phi) is 4.47. The number of aliphatic hydroxyl groups is 1. The van der Waals surface area contributed by atoms with Gasteiger partial charge in [0.05, 0.1) is 24.4 Å². The second-order valence-electron chi connectivity index (χ2n) is 5.40. The van der Waals surface area contributed by atoms with Gasteiger partial charge in [0.2, 0.25) is 10.0 Å². The third-order valence-electron chi connectivity index (χ3n) is 4.01. The summed E-state index contributed by atoms with van der Waals surface area (Å²) in [6.45, 7) is 0.0391. The molecule has 2 aliphatic carbocycles. The zero-order chi connectivity index (χ0) is 14.0. The maximum atomic E-state index is 12.2. The third-order valence-corrected chi connectivity index (χ3v) is 5.95. The van der Waals surface area contributed by atoms with E-state index < -0.39 is 33.3 Å². The average Bonchev–Trinajstić information content (AvgIpc) is 3.11. The van der Waals surface area contributed by atoms with Crippen molar-refractivity contribution in [3.8, 4) is 0 Å². The van der Waals surface area contributed by atoms with E-state index in [1.54, 1.807) is 0 Å². The number of hydrogen-bond acceptors (Lipinski definition) is 5. The molecule has 0 aromatic heterocycles. The monoisotopic (exact) mass is 291 g/mol. The van der Waals surface area contributed by atoms with Crippen LogP contribution in [0.5, 0.6) is 0 Å². The van der Waals surface area contributed by atoms with Gasteiger partial charge in [-0.15, -0.1) is 0 Å². The minimum Gasteiger partial charge on any atom is -0.469 e. The number of carbonyl (C=O) groups excluding carboxylic acids is 1. The number of aliphatic hydroxyl groups excluding tert-OH is 1. The normalized spacial score (nSPS) is 29.2. The molecule has 2 aliphatic rings. The van der Waals surface area contributed by atoms with Crippen LogP contribution in [0.2, 0.25) is 0 Å². The van der Waals surface area contributed by atoms with Gasteiger partial charge >= 0.3 is 5.97 Å². The van der Waals surface area contributed by atoms with Gasteiger partial charge in [0.15, 0.2) is 0 Å². The van der Waals surface area contributed by atoms with Crippen LogP contribution in [0.15, 0.2) is 0 Å². The first-order valence-corrected chi connectivity index (χ1v) is 8.24. The van der Waals surface area contributed by atoms with E-state index in [1.165, 1.54) is 7.11 Å². The molecule has 0 aromatic carbocycles. The number of rotatable bonds is 6. The van der Waals surface area contributed by atoms with Crippen molar-refractivity contribution in [2.45, 2.75) is 43.5 Å². The first-order chi connectivity index (χ1) is 8.95. The molecule has 2 N–H and O–H groups in total. The van der Waals surface area contributed by atoms with E-state index in [-0.39, 0.29) is 12.5 Å². The molecule has 0 aliphatic heterocycles. The summed E-state index contributed by atoms with van der Waals surface area (Å²) in [6.07, 6.45) is 3.01. The van der Waals surface area contributed by atoms with Crippen molar-refractivity contribution < 1.29 is 23.1 Å². The number of ether oxygens (including phenoxy) is 1. The second-order valence-corrected chi connectivity index (χ2v) is 7.38. The minimum absolute atomic E-state index is 0.0391. The molecule has 2 rings (SSSR count). The van der Waals surface area contributed by atoms with Crippen LogP contribution in [0, 0.1) is 11.8 Å². The van der Waals surface area contributed by atoms with Gasteiger partial charge in [0.25, 0.3) is 0 Å². The number of methoxy groups -OCH3 is 1. The summed E-state index contributed by atoms with van der Waals surface area (Å²) in [5, 5.41) is 8.97. The molecule has 110 valence electrons. The SMILES string of the molecule is COC(=O)C1CCCC1S(=O)(=O)NCC(O)C1CC1. The fourth-order valence-electron chi connectivity index (χ4n) is 2.67. The Balaban J connectivity index is 1.95. The van der Waals surface area contributed by atoms with Crippen molar-refractivity contribution in [2.75, 3.05) is 13.7 Å². The Morgan fingerprint density at radius 3 is 2.63 bits per heavy atom. The third kappa shape index (κ3) is 3.46. The van der Waals surface area contributed by atoms with Crippen molar-refractivity contribution in [3.63, 3.8) is 0 Å². The summed E-state index contributed by atoms with van der Waals surface area (Å²) in [6, 6.07) is 0. The maximum absolute atomic E-state index is 12.2. The van der Waals surface area contributed by atoms with E-state index in [0.717, 1.165) is 12.8 Å². The molecule has 0 amide bonds. The first kappa shape index (κ1) is 14.7. The molecular formula is C12H21NO5S. The highest BCUT2D eigenvalue weighted by Crippen LogP contribution is 2.33. The lowest BCUT2D eigenvalue weighted by atomic mass is 10.1. The van der Waals surface area contributed by atoms with Gasteiger partial charge < -0.3 is 9.84 Å². The van der Waals surface area contributed by atoms with Crippen LogP contribution in [0.25, 0.3) is 0 Å². The lowest BCUT2D eigenvalue weighted by Gasteiger charge is -2.19. The van der Waals surface area contributed by atoms with Crippen molar-refractivity contribution in [2.24, 2.45) is 11.8 Å². The van der Waals surface area contributed by atoms with E-state index in [1.807, 2.05) is 0 Å². The predicted octanol–water partition coefficient (Wildman–Crippen LogP) is 0.0184. The Morgan fingerprint density at radius 1 is 1.37 bits per heavy atom. The Bertz CT molecular complexity index is 431. The van der Waals surface area contributed by atoms with Crippen molar-refractivity contribution in [1.82, 2.24) is 4.72 Å². The summed E-state index contributed by atoms with van der Waals surface area (Å²) in [4.78, 5) is 11.6. The van der Waals surface area contributed by atoms with Crippen LogP contribution in [0.4, 0.5) is 0 Å². The molecule has 19 heavy (non-hydrogen) atoms. The molecule has 3 atom stereocenters. The smallest absolute Gasteiger partial charge is 0.310 e. The molecule has 6 nitrogen and oxygen atoms in total. The number of hydrogen-bond donors (Lipinski definition) is 2. The zero-order valence-corrected chi connectivity index (χ0v) is 11.9. The number of esters is 1. The average molecular weight is 291 g/mol. The van der Waals surface area contributed by atoms with Crippen LogP contribution in [-0.2, 0) is 19.6 Å². The molecule has 0 bridgehead atoms. The maximum Gasteiger partial charge on any atom is 0.310 e. The summed E-state index contributed by atoms with van der Waals surface area (Å²) in [5.74, 6) is -0.820. The largest absolute Gasteiger partial charge is 0.469 e. The van der Waals surface area contributed by atoms with E-state index in [0.29, 0.717) is 19.3 Å². The molecule has 3 unspecified atom stereocenters. The summed E-state index contributed by atoms with van der Waals surface area (Å²) >= 11 is 0. The Labute approximate surface area is 113 Å². The van der Waals surface area contributed by atoms with Gasteiger partial charge in [0, 0.05) is 6.54 Å². The van der Waals surface area contributed by atoms with Crippen molar-refractivity contribution in [1.29, 1.82) is 0 Å². The molecule has 0 heterocycles. The topological polar surface area (TPSA) is 92.7 Å². The van der Waals surface area contributed by atoms with Crippen LogP contribution < -0.4 is 4.72 Å². The number of nitrogens with one attached hydrogen (secondary N) is 1. The highest BCUT2D eigenvalue weighted by Gasteiger charge is 2.42. The standard InChI is InChI=1S/C12H21NO5S/c1-18-12(15)9-3-2-4-11(9)19(16,17)13-7-10(14)8-5-6-8/h8-11,13-14H,2-7H2,1H3. The van der Waals surface area contributed by atoms with Gasteiger partial charge in [-0.05, 0) is 31.6 Å². The molecule has 2 fully saturated rings. The number of sulfonamides is 1. The van der Waals surface area contributed by atoms with Crippen molar-refractivity contribution >= 4 is 16.0 Å². The molecule has 0 aromatic rings. The molecular weight excluding hydrogens is 270 g/mol. The number of carbonyl (C=O) groups is 1. The van der Waals surface area contributed by atoms with Crippen LogP contribution in [-0.4, -0.2) is 44.5 Å².